The van der Waals surface area contributed by atoms with Crippen LogP contribution in [-0.4, -0.2) is 37.9 Å². The van der Waals surface area contributed by atoms with Crippen LogP contribution in [0.4, 0.5) is 5.69 Å². The third kappa shape index (κ3) is 4.42. The topological polar surface area (TPSA) is 93.8 Å². The van der Waals surface area contributed by atoms with Gasteiger partial charge in [0.2, 0.25) is 5.91 Å². The highest BCUT2D eigenvalue weighted by Gasteiger charge is 2.12. The van der Waals surface area contributed by atoms with Crippen LogP contribution in [0, 0.1) is 5.92 Å². The fourth-order valence-corrected chi connectivity index (χ4v) is 1.40. The highest BCUT2D eigenvalue weighted by atomic mass is 16.5. The molecule has 0 fully saturated rings. The number of hydrogen-bond donors (Lipinski definition) is 3. The van der Waals surface area contributed by atoms with Gasteiger partial charge in [0.05, 0.1) is 13.7 Å². The van der Waals surface area contributed by atoms with Gasteiger partial charge in [0.1, 0.15) is 6.61 Å². The van der Waals surface area contributed by atoms with E-state index in [2.05, 4.69) is 5.32 Å². The minimum Gasteiger partial charge on any atom is -0.493 e. The summed E-state index contributed by atoms with van der Waals surface area (Å²) in [6, 6.07) is 5.05. The summed E-state index contributed by atoms with van der Waals surface area (Å²) in [4.78, 5) is 11.7. The van der Waals surface area contributed by atoms with E-state index in [1.807, 2.05) is 0 Å². The lowest BCUT2D eigenvalue weighted by atomic mass is 10.1. The molecule has 1 atom stereocenters. The maximum Gasteiger partial charge on any atom is 0.228 e. The number of benzene rings is 1. The number of nitrogens with two attached hydrogens (primary N) is 1. The third-order valence-electron chi connectivity index (χ3n) is 2.58. The summed E-state index contributed by atoms with van der Waals surface area (Å²) < 4.78 is 10.5. The Morgan fingerprint density at radius 2 is 2.21 bits per heavy atom. The number of carbonyl (C=O) groups is 1. The molecule has 1 unspecified atom stereocenters. The van der Waals surface area contributed by atoms with Gasteiger partial charge in [0.25, 0.3) is 0 Å². The van der Waals surface area contributed by atoms with Crippen molar-refractivity contribution in [3.05, 3.63) is 18.2 Å². The van der Waals surface area contributed by atoms with Gasteiger partial charge in [0, 0.05) is 24.2 Å². The van der Waals surface area contributed by atoms with Crippen LogP contribution in [0.5, 0.6) is 11.5 Å². The summed E-state index contributed by atoms with van der Waals surface area (Å²) in [5, 5.41) is 11.5. The van der Waals surface area contributed by atoms with Crippen molar-refractivity contribution >= 4 is 11.6 Å². The number of amides is 1. The summed E-state index contributed by atoms with van der Waals surface area (Å²) in [6.07, 6.45) is 0. The molecule has 0 radical (unpaired) electrons. The van der Waals surface area contributed by atoms with Gasteiger partial charge < -0.3 is 25.6 Å². The van der Waals surface area contributed by atoms with Gasteiger partial charge in [-0.15, -0.1) is 0 Å². The Labute approximate surface area is 112 Å². The van der Waals surface area contributed by atoms with Crippen LogP contribution in [-0.2, 0) is 4.79 Å². The van der Waals surface area contributed by atoms with Crippen molar-refractivity contribution in [2.45, 2.75) is 6.92 Å². The molecule has 0 aromatic heterocycles. The molecule has 1 amide bonds. The lowest BCUT2D eigenvalue weighted by Gasteiger charge is -2.13. The molecule has 0 aliphatic rings. The van der Waals surface area contributed by atoms with Crippen molar-refractivity contribution in [1.82, 2.24) is 0 Å². The SMILES string of the molecule is COc1ccc(NC(=O)C(C)CN)cc1OCCO. The van der Waals surface area contributed by atoms with E-state index in [4.69, 9.17) is 20.3 Å². The molecule has 6 heteroatoms. The molecule has 6 nitrogen and oxygen atoms in total. The second-order valence-electron chi connectivity index (χ2n) is 4.06. The Bertz CT molecular complexity index is 423. The zero-order valence-corrected chi connectivity index (χ0v) is 11.2. The van der Waals surface area contributed by atoms with Crippen LogP contribution in [0.15, 0.2) is 18.2 Å². The predicted molar refractivity (Wildman–Crippen MR) is 72.4 cm³/mol. The van der Waals surface area contributed by atoms with E-state index in [-0.39, 0.29) is 31.6 Å². The molecular formula is C13H20N2O4. The molecule has 1 aromatic carbocycles. The molecule has 0 saturated heterocycles. The molecule has 1 rings (SSSR count). The van der Waals surface area contributed by atoms with Gasteiger partial charge in [-0.1, -0.05) is 6.92 Å². The second-order valence-corrected chi connectivity index (χ2v) is 4.06. The molecule has 0 saturated carbocycles. The summed E-state index contributed by atoms with van der Waals surface area (Å²) in [6.45, 7) is 2.11. The lowest BCUT2D eigenvalue weighted by molar-refractivity contribution is -0.119. The molecular weight excluding hydrogens is 248 g/mol. The minimum atomic E-state index is -0.260. The summed E-state index contributed by atoms with van der Waals surface area (Å²) in [7, 11) is 1.52. The van der Waals surface area contributed by atoms with Crippen molar-refractivity contribution in [2.75, 3.05) is 32.2 Å². The van der Waals surface area contributed by atoms with E-state index in [0.29, 0.717) is 17.2 Å². The van der Waals surface area contributed by atoms with E-state index < -0.39 is 0 Å². The number of ether oxygens (including phenoxy) is 2. The molecule has 0 aliphatic heterocycles. The number of methoxy groups -OCH3 is 1. The van der Waals surface area contributed by atoms with Crippen molar-refractivity contribution in [3.8, 4) is 11.5 Å². The number of aliphatic hydroxyl groups excluding tert-OH is 1. The van der Waals surface area contributed by atoms with E-state index in [9.17, 15) is 4.79 Å². The fraction of sp³-hybridized carbons (Fsp3) is 0.462. The standard InChI is InChI=1S/C13H20N2O4/c1-9(8-14)13(17)15-10-3-4-11(18-2)12(7-10)19-6-5-16/h3-4,7,9,16H,5-6,8,14H2,1-2H3,(H,15,17). The van der Waals surface area contributed by atoms with E-state index in [1.165, 1.54) is 7.11 Å². The highest BCUT2D eigenvalue weighted by Crippen LogP contribution is 2.30. The van der Waals surface area contributed by atoms with Gasteiger partial charge >= 0.3 is 0 Å². The molecule has 0 heterocycles. The summed E-state index contributed by atoms with van der Waals surface area (Å²) >= 11 is 0. The molecule has 0 aliphatic carbocycles. The van der Waals surface area contributed by atoms with Gasteiger partial charge in [0.15, 0.2) is 11.5 Å². The smallest absolute Gasteiger partial charge is 0.228 e. The summed E-state index contributed by atoms with van der Waals surface area (Å²) in [5.41, 5.74) is 6.03. The lowest BCUT2D eigenvalue weighted by Crippen LogP contribution is -2.26. The van der Waals surface area contributed by atoms with Gasteiger partial charge in [-0.05, 0) is 12.1 Å². The maximum atomic E-state index is 11.7. The Morgan fingerprint density at radius 1 is 1.47 bits per heavy atom. The monoisotopic (exact) mass is 268 g/mol. The molecule has 0 bridgehead atoms. The third-order valence-corrected chi connectivity index (χ3v) is 2.58. The average Bonchev–Trinajstić information content (AvgIpc) is 2.44. The maximum absolute atomic E-state index is 11.7. The Morgan fingerprint density at radius 3 is 2.79 bits per heavy atom. The van der Waals surface area contributed by atoms with Gasteiger partial charge in [-0.2, -0.15) is 0 Å². The predicted octanol–water partition coefficient (Wildman–Crippen LogP) is 0.600. The normalized spacial score (nSPS) is 11.8. The van der Waals surface area contributed by atoms with Crippen molar-refractivity contribution in [3.63, 3.8) is 0 Å². The molecule has 106 valence electrons. The Hall–Kier alpha value is -1.79. The van der Waals surface area contributed by atoms with Gasteiger partial charge in [-0.25, -0.2) is 0 Å². The van der Waals surface area contributed by atoms with Crippen molar-refractivity contribution < 1.29 is 19.4 Å². The Kier molecular flexibility index (Phi) is 6.11. The first-order valence-corrected chi connectivity index (χ1v) is 6.05. The number of rotatable bonds is 7. The molecule has 0 spiro atoms. The quantitative estimate of drug-likeness (QED) is 0.673. The molecule has 19 heavy (non-hydrogen) atoms. The number of nitrogens with one attached hydrogen (secondary N) is 1. The van der Waals surface area contributed by atoms with Crippen molar-refractivity contribution in [2.24, 2.45) is 11.7 Å². The summed E-state index contributed by atoms with van der Waals surface area (Å²) in [5.74, 6) is 0.595. The zero-order chi connectivity index (χ0) is 14.3. The first-order chi connectivity index (χ1) is 9.12. The highest BCUT2D eigenvalue weighted by molar-refractivity contribution is 5.92. The number of carbonyl (C=O) groups excluding carboxylic acids is 1. The van der Waals surface area contributed by atoms with Crippen LogP contribution >= 0.6 is 0 Å². The fourth-order valence-electron chi connectivity index (χ4n) is 1.40. The van der Waals surface area contributed by atoms with Gasteiger partial charge in [-0.3, -0.25) is 4.79 Å². The number of aliphatic hydroxyl groups is 1. The average molecular weight is 268 g/mol. The molecule has 4 N–H and O–H groups in total. The first kappa shape index (κ1) is 15.3. The van der Waals surface area contributed by atoms with E-state index in [1.54, 1.807) is 25.1 Å². The number of hydrogen-bond acceptors (Lipinski definition) is 5. The zero-order valence-electron chi connectivity index (χ0n) is 11.2. The van der Waals surface area contributed by atoms with Crippen LogP contribution in [0.1, 0.15) is 6.92 Å². The van der Waals surface area contributed by atoms with E-state index >= 15 is 0 Å². The van der Waals surface area contributed by atoms with Crippen LogP contribution < -0.4 is 20.5 Å². The molecule has 1 aromatic rings. The van der Waals surface area contributed by atoms with Crippen LogP contribution in [0.3, 0.4) is 0 Å². The first-order valence-electron chi connectivity index (χ1n) is 6.05. The van der Waals surface area contributed by atoms with Crippen LogP contribution in [0.25, 0.3) is 0 Å². The van der Waals surface area contributed by atoms with Crippen molar-refractivity contribution in [1.29, 1.82) is 0 Å². The largest absolute Gasteiger partial charge is 0.493 e. The minimum absolute atomic E-state index is 0.0933. The second kappa shape index (κ2) is 7.60. The van der Waals surface area contributed by atoms with E-state index in [0.717, 1.165) is 0 Å². The number of anilines is 1. The Balaban J connectivity index is 2.82. The van der Waals surface area contributed by atoms with Crippen LogP contribution in [0.2, 0.25) is 0 Å².